The van der Waals surface area contributed by atoms with Crippen molar-refractivity contribution in [1.29, 1.82) is 0 Å². The summed E-state index contributed by atoms with van der Waals surface area (Å²) in [6, 6.07) is 10.0. The predicted octanol–water partition coefficient (Wildman–Crippen LogP) is 2.23. The Bertz CT molecular complexity index is 403. The number of nitrogens with one attached hydrogen (secondary N) is 1. The number of anilines is 2. The minimum Gasteiger partial charge on any atom is -0.399 e. The summed E-state index contributed by atoms with van der Waals surface area (Å²) in [7, 11) is 2.07. The van der Waals surface area contributed by atoms with E-state index >= 15 is 0 Å². The smallest absolute Gasteiger partial charge is 0.0544 e. The fourth-order valence-electron chi connectivity index (χ4n) is 1.54. The van der Waals surface area contributed by atoms with E-state index in [1.807, 2.05) is 24.5 Å². The van der Waals surface area contributed by atoms with Crippen molar-refractivity contribution in [2.75, 3.05) is 17.7 Å². The highest BCUT2D eigenvalue weighted by molar-refractivity contribution is 5.45. The van der Waals surface area contributed by atoms with Gasteiger partial charge in [-0.15, -0.1) is 0 Å². The number of aromatic amines is 1. The van der Waals surface area contributed by atoms with E-state index in [0.717, 1.165) is 12.2 Å². The van der Waals surface area contributed by atoms with Gasteiger partial charge in [-0.2, -0.15) is 0 Å². The van der Waals surface area contributed by atoms with Crippen LogP contribution in [0.25, 0.3) is 0 Å². The summed E-state index contributed by atoms with van der Waals surface area (Å²) in [4.78, 5) is 5.23. The monoisotopic (exact) mass is 201 g/mol. The second-order valence-corrected chi connectivity index (χ2v) is 3.67. The molecule has 0 spiro atoms. The summed E-state index contributed by atoms with van der Waals surface area (Å²) in [5.74, 6) is 0. The van der Waals surface area contributed by atoms with E-state index in [2.05, 4.69) is 35.1 Å². The van der Waals surface area contributed by atoms with E-state index in [1.165, 1.54) is 11.3 Å². The molecule has 0 radical (unpaired) electrons. The van der Waals surface area contributed by atoms with Crippen molar-refractivity contribution in [1.82, 2.24) is 4.98 Å². The van der Waals surface area contributed by atoms with Gasteiger partial charge in [-0.3, -0.25) is 0 Å². The lowest BCUT2D eigenvalue weighted by Gasteiger charge is -2.17. The zero-order chi connectivity index (χ0) is 10.7. The number of nitrogen functional groups attached to an aromatic ring is 1. The van der Waals surface area contributed by atoms with Crippen LogP contribution in [-0.2, 0) is 6.54 Å². The third-order valence-corrected chi connectivity index (χ3v) is 2.42. The largest absolute Gasteiger partial charge is 0.399 e. The van der Waals surface area contributed by atoms with E-state index in [-0.39, 0.29) is 0 Å². The van der Waals surface area contributed by atoms with Crippen LogP contribution >= 0.6 is 0 Å². The number of benzene rings is 1. The first-order chi connectivity index (χ1) is 7.25. The molecule has 0 aliphatic rings. The molecule has 1 heterocycles. The van der Waals surface area contributed by atoms with Crippen LogP contribution in [0.4, 0.5) is 11.4 Å². The minimum atomic E-state index is 0.808. The number of hydrogen-bond donors (Lipinski definition) is 2. The van der Waals surface area contributed by atoms with Crippen molar-refractivity contribution in [3.8, 4) is 0 Å². The van der Waals surface area contributed by atoms with Crippen LogP contribution in [0, 0.1) is 0 Å². The zero-order valence-corrected chi connectivity index (χ0v) is 8.77. The fraction of sp³-hybridized carbons (Fsp3) is 0.167. The summed E-state index contributed by atoms with van der Waals surface area (Å²) in [6.45, 7) is 0.887. The van der Waals surface area contributed by atoms with Crippen LogP contribution < -0.4 is 10.6 Å². The van der Waals surface area contributed by atoms with Crippen molar-refractivity contribution in [2.24, 2.45) is 0 Å². The number of hydrogen-bond acceptors (Lipinski definition) is 2. The number of nitrogens with two attached hydrogens (primary N) is 1. The zero-order valence-electron chi connectivity index (χ0n) is 8.77. The highest BCUT2D eigenvalue weighted by atomic mass is 15.1. The van der Waals surface area contributed by atoms with Gasteiger partial charge in [0.25, 0.3) is 0 Å². The van der Waals surface area contributed by atoms with Crippen molar-refractivity contribution in [3.05, 3.63) is 48.3 Å². The Balaban J connectivity index is 2.06. The first kappa shape index (κ1) is 9.65. The predicted molar refractivity (Wildman–Crippen MR) is 63.8 cm³/mol. The molecule has 1 aromatic heterocycles. The molecule has 3 nitrogen and oxygen atoms in total. The van der Waals surface area contributed by atoms with Crippen LogP contribution in [-0.4, -0.2) is 12.0 Å². The molecule has 3 heteroatoms. The summed E-state index contributed by atoms with van der Waals surface area (Å²) >= 11 is 0. The number of nitrogens with zero attached hydrogens (tertiary/aromatic N) is 1. The number of H-pyrrole nitrogens is 1. The van der Waals surface area contributed by atoms with E-state index in [9.17, 15) is 0 Å². The van der Waals surface area contributed by atoms with Gasteiger partial charge < -0.3 is 15.6 Å². The molecular weight excluding hydrogens is 186 g/mol. The summed E-state index contributed by atoms with van der Waals surface area (Å²) in [5.41, 5.74) is 8.89. The van der Waals surface area contributed by atoms with Crippen LogP contribution in [0.1, 0.15) is 5.56 Å². The van der Waals surface area contributed by atoms with Gasteiger partial charge >= 0.3 is 0 Å². The fourth-order valence-corrected chi connectivity index (χ4v) is 1.54. The van der Waals surface area contributed by atoms with Crippen LogP contribution in [0.5, 0.6) is 0 Å². The molecule has 78 valence electrons. The Labute approximate surface area is 89.5 Å². The van der Waals surface area contributed by atoms with Crippen molar-refractivity contribution in [3.63, 3.8) is 0 Å². The number of aromatic nitrogens is 1. The van der Waals surface area contributed by atoms with Crippen LogP contribution in [0.3, 0.4) is 0 Å². The minimum absolute atomic E-state index is 0.808. The molecule has 0 aliphatic carbocycles. The molecule has 0 bridgehead atoms. The Morgan fingerprint density at radius 2 is 1.93 bits per heavy atom. The van der Waals surface area contributed by atoms with Gasteiger partial charge in [-0.1, -0.05) is 12.1 Å². The topological polar surface area (TPSA) is 45.0 Å². The third kappa shape index (κ3) is 2.31. The molecular formula is C12H15N3. The average Bonchev–Trinajstić information content (AvgIpc) is 2.74. The molecule has 2 aromatic rings. The van der Waals surface area contributed by atoms with Gasteiger partial charge in [0.05, 0.1) is 5.69 Å². The van der Waals surface area contributed by atoms with Gasteiger partial charge in [-0.05, 0) is 23.8 Å². The molecule has 0 amide bonds. The maximum absolute atomic E-state index is 5.63. The van der Waals surface area contributed by atoms with Gasteiger partial charge in [-0.25, -0.2) is 0 Å². The second kappa shape index (κ2) is 4.09. The van der Waals surface area contributed by atoms with E-state index in [1.54, 1.807) is 0 Å². The Morgan fingerprint density at radius 1 is 1.20 bits per heavy atom. The van der Waals surface area contributed by atoms with Gasteiger partial charge in [0, 0.05) is 31.7 Å². The summed E-state index contributed by atoms with van der Waals surface area (Å²) < 4.78 is 0. The Morgan fingerprint density at radius 3 is 2.53 bits per heavy atom. The Hall–Kier alpha value is -1.90. The lowest BCUT2D eigenvalue weighted by atomic mass is 10.2. The Kier molecular flexibility index (Phi) is 2.63. The quantitative estimate of drug-likeness (QED) is 0.748. The third-order valence-electron chi connectivity index (χ3n) is 2.42. The molecule has 0 saturated carbocycles. The lowest BCUT2D eigenvalue weighted by Crippen LogP contribution is -2.15. The molecule has 15 heavy (non-hydrogen) atoms. The van der Waals surface area contributed by atoms with Gasteiger partial charge in [0.1, 0.15) is 0 Å². The molecule has 1 aromatic carbocycles. The lowest BCUT2D eigenvalue weighted by molar-refractivity contribution is 0.924. The van der Waals surface area contributed by atoms with Crippen LogP contribution in [0.15, 0.2) is 42.7 Å². The normalized spacial score (nSPS) is 10.2. The van der Waals surface area contributed by atoms with Crippen molar-refractivity contribution in [2.45, 2.75) is 6.54 Å². The highest BCUT2D eigenvalue weighted by Gasteiger charge is 2.01. The van der Waals surface area contributed by atoms with Crippen LogP contribution in [0.2, 0.25) is 0 Å². The van der Waals surface area contributed by atoms with E-state index < -0.39 is 0 Å². The van der Waals surface area contributed by atoms with E-state index in [4.69, 9.17) is 5.73 Å². The molecule has 0 atom stereocenters. The maximum Gasteiger partial charge on any atom is 0.0544 e. The van der Waals surface area contributed by atoms with Gasteiger partial charge in [0.2, 0.25) is 0 Å². The SMILES string of the molecule is CN(Cc1ccc(N)cc1)c1cc[nH]c1. The first-order valence-electron chi connectivity index (χ1n) is 4.94. The maximum atomic E-state index is 5.63. The van der Waals surface area contributed by atoms with E-state index in [0.29, 0.717) is 0 Å². The molecule has 0 saturated heterocycles. The van der Waals surface area contributed by atoms with Crippen molar-refractivity contribution >= 4 is 11.4 Å². The summed E-state index contributed by atoms with van der Waals surface area (Å²) in [5, 5.41) is 0. The molecule has 3 N–H and O–H groups in total. The summed E-state index contributed by atoms with van der Waals surface area (Å²) in [6.07, 6.45) is 3.91. The molecule has 0 unspecified atom stereocenters. The average molecular weight is 201 g/mol. The standard InChI is InChI=1S/C12H15N3/c1-15(12-6-7-14-8-12)9-10-2-4-11(13)5-3-10/h2-8,14H,9,13H2,1H3. The van der Waals surface area contributed by atoms with Gasteiger partial charge in [0.15, 0.2) is 0 Å². The highest BCUT2D eigenvalue weighted by Crippen LogP contribution is 2.14. The number of rotatable bonds is 3. The molecule has 0 aliphatic heterocycles. The second-order valence-electron chi connectivity index (χ2n) is 3.67. The van der Waals surface area contributed by atoms with Crippen molar-refractivity contribution < 1.29 is 0 Å². The molecule has 2 rings (SSSR count). The molecule has 0 fully saturated rings. The first-order valence-corrected chi connectivity index (χ1v) is 4.94.